The van der Waals surface area contributed by atoms with Gasteiger partial charge in [-0.15, -0.1) is 0 Å². The van der Waals surface area contributed by atoms with Crippen molar-refractivity contribution in [3.8, 4) is 0 Å². The number of aliphatic hydroxyl groups is 1. The third-order valence-electron chi connectivity index (χ3n) is 4.60. The van der Waals surface area contributed by atoms with Gasteiger partial charge in [0, 0.05) is 6.21 Å². The fraction of sp³-hybridized carbons (Fsp3) is 0.500. The Kier molecular flexibility index (Phi) is 3.83. The smallest absolute Gasteiger partial charge is 0.273 e. The molecule has 2 aliphatic rings. The largest absolute Gasteiger partial charge is 0.378 e. The number of fused-ring (bicyclic) bond motifs is 2. The highest BCUT2D eigenvalue weighted by atomic mass is 16.3. The minimum atomic E-state index is -1.16. The molecule has 2 bridgehead atoms. The molecule has 106 valence electrons. The van der Waals surface area contributed by atoms with Crippen molar-refractivity contribution in [2.24, 2.45) is 22.9 Å². The van der Waals surface area contributed by atoms with Gasteiger partial charge in [0.15, 0.2) is 6.10 Å². The fourth-order valence-corrected chi connectivity index (χ4v) is 3.52. The molecule has 4 heteroatoms. The van der Waals surface area contributed by atoms with Crippen LogP contribution in [0.4, 0.5) is 0 Å². The Morgan fingerprint density at radius 1 is 1.30 bits per heavy atom. The van der Waals surface area contributed by atoms with Crippen molar-refractivity contribution in [1.82, 2.24) is 5.43 Å². The lowest BCUT2D eigenvalue weighted by atomic mass is 9.90. The topological polar surface area (TPSA) is 61.7 Å². The molecule has 20 heavy (non-hydrogen) atoms. The lowest BCUT2D eigenvalue weighted by Crippen LogP contribution is -2.26. The maximum absolute atomic E-state index is 11.8. The van der Waals surface area contributed by atoms with E-state index in [-0.39, 0.29) is 0 Å². The van der Waals surface area contributed by atoms with E-state index in [4.69, 9.17) is 0 Å². The van der Waals surface area contributed by atoms with Gasteiger partial charge in [0.2, 0.25) is 0 Å². The average Bonchev–Trinajstić information content (AvgIpc) is 3.10. The molecular formula is C16H20N2O2. The van der Waals surface area contributed by atoms with E-state index in [1.54, 1.807) is 24.3 Å². The van der Waals surface area contributed by atoms with E-state index < -0.39 is 12.0 Å². The first-order valence-electron chi connectivity index (χ1n) is 7.30. The first-order chi connectivity index (χ1) is 9.74. The lowest BCUT2D eigenvalue weighted by Gasteiger charge is -2.16. The van der Waals surface area contributed by atoms with Crippen LogP contribution in [0, 0.1) is 17.8 Å². The van der Waals surface area contributed by atoms with Crippen LogP contribution in [0.25, 0.3) is 0 Å². The van der Waals surface area contributed by atoms with Crippen LogP contribution in [0.1, 0.15) is 37.4 Å². The maximum atomic E-state index is 11.8. The molecule has 0 radical (unpaired) electrons. The zero-order chi connectivity index (χ0) is 13.9. The summed E-state index contributed by atoms with van der Waals surface area (Å²) in [6.07, 6.45) is 5.87. The molecule has 2 saturated carbocycles. The molecule has 0 heterocycles. The third-order valence-corrected chi connectivity index (χ3v) is 4.60. The molecular weight excluding hydrogens is 252 g/mol. The molecule has 3 rings (SSSR count). The number of rotatable bonds is 4. The number of hydrogen-bond acceptors (Lipinski definition) is 3. The Hall–Kier alpha value is -1.68. The first-order valence-corrected chi connectivity index (χ1v) is 7.30. The molecule has 0 saturated heterocycles. The molecule has 2 aliphatic carbocycles. The summed E-state index contributed by atoms with van der Waals surface area (Å²) in [5, 5.41) is 13.9. The van der Waals surface area contributed by atoms with Crippen LogP contribution in [0.5, 0.6) is 0 Å². The average molecular weight is 272 g/mol. The van der Waals surface area contributed by atoms with E-state index in [0.29, 0.717) is 11.5 Å². The van der Waals surface area contributed by atoms with Crippen molar-refractivity contribution in [3.05, 3.63) is 35.9 Å². The number of hydrogen-bond donors (Lipinski definition) is 2. The minimum Gasteiger partial charge on any atom is -0.378 e. The van der Waals surface area contributed by atoms with Crippen molar-refractivity contribution >= 4 is 12.1 Å². The molecule has 4 atom stereocenters. The Morgan fingerprint density at radius 2 is 2.10 bits per heavy atom. The lowest BCUT2D eigenvalue weighted by molar-refractivity contribution is -0.129. The van der Waals surface area contributed by atoms with Crippen molar-refractivity contribution < 1.29 is 9.90 Å². The Balaban J connectivity index is 1.52. The predicted molar refractivity (Wildman–Crippen MR) is 77.0 cm³/mol. The molecule has 0 spiro atoms. The molecule has 0 aliphatic heterocycles. The normalized spacial score (nSPS) is 29.8. The highest BCUT2D eigenvalue weighted by Crippen LogP contribution is 2.47. The van der Waals surface area contributed by atoms with Gasteiger partial charge in [0.05, 0.1) is 0 Å². The number of aliphatic hydroxyl groups excluding tert-OH is 1. The summed E-state index contributed by atoms with van der Waals surface area (Å²) in [5.41, 5.74) is 3.03. The SMILES string of the molecule is O=C(NN=CC1CC2CCC1C2)C(O)c1ccccc1. The quantitative estimate of drug-likeness (QED) is 0.652. The second-order valence-electron chi connectivity index (χ2n) is 5.91. The predicted octanol–water partition coefficient (Wildman–Crippen LogP) is 2.26. The third kappa shape index (κ3) is 2.75. The van der Waals surface area contributed by atoms with Crippen LogP contribution in [0.3, 0.4) is 0 Å². The van der Waals surface area contributed by atoms with E-state index in [2.05, 4.69) is 10.5 Å². The van der Waals surface area contributed by atoms with E-state index >= 15 is 0 Å². The summed E-state index contributed by atoms with van der Waals surface area (Å²) in [7, 11) is 0. The van der Waals surface area contributed by atoms with Crippen molar-refractivity contribution in [2.45, 2.75) is 31.8 Å². The molecule has 4 unspecified atom stereocenters. The Bertz CT molecular complexity index is 500. The summed E-state index contributed by atoms with van der Waals surface area (Å²) in [4.78, 5) is 11.8. The number of carbonyl (C=O) groups is 1. The molecule has 1 aromatic carbocycles. The van der Waals surface area contributed by atoms with Gasteiger partial charge < -0.3 is 5.11 Å². The molecule has 4 nitrogen and oxygen atoms in total. The molecule has 2 fully saturated rings. The Labute approximate surface area is 118 Å². The minimum absolute atomic E-state index is 0.476. The number of benzene rings is 1. The highest BCUT2D eigenvalue weighted by molar-refractivity contribution is 5.82. The van der Waals surface area contributed by atoms with Crippen LogP contribution in [0.2, 0.25) is 0 Å². The zero-order valence-corrected chi connectivity index (χ0v) is 11.4. The van der Waals surface area contributed by atoms with Crippen LogP contribution in [-0.2, 0) is 4.79 Å². The van der Waals surface area contributed by atoms with Gasteiger partial charge in [0.1, 0.15) is 0 Å². The van der Waals surface area contributed by atoms with Gasteiger partial charge in [-0.3, -0.25) is 4.79 Å². The van der Waals surface area contributed by atoms with Gasteiger partial charge in [-0.05, 0) is 42.6 Å². The number of amides is 1. The molecule has 0 aromatic heterocycles. The van der Waals surface area contributed by atoms with E-state index in [0.717, 1.165) is 11.8 Å². The second kappa shape index (κ2) is 5.75. The molecule has 1 amide bonds. The molecule has 1 aromatic rings. The Morgan fingerprint density at radius 3 is 2.75 bits per heavy atom. The number of nitrogens with zero attached hydrogens (tertiary/aromatic N) is 1. The van der Waals surface area contributed by atoms with Gasteiger partial charge in [-0.1, -0.05) is 36.8 Å². The van der Waals surface area contributed by atoms with Crippen LogP contribution >= 0.6 is 0 Å². The summed E-state index contributed by atoms with van der Waals surface area (Å²) in [6, 6.07) is 8.89. The molecule has 2 N–H and O–H groups in total. The monoisotopic (exact) mass is 272 g/mol. The standard InChI is InChI=1S/C16H20N2O2/c19-15(12-4-2-1-3-5-12)16(20)18-17-10-14-9-11-6-7-13(14)8-11/h1-5,10-11,13-15,19H,6-9H2,(H,18,20). The van der Waals surface area contributed by atoms with Gasteiger partial charge in [0.25, 0.3) is 5.91 Å². The number of hydrazone groups is 1. The van der Waals surface area contributed by atoms with Gasteiger partial charge in [-0.25, -0.2) is 5.43 Å². The van der Waals surface area contributed by atoms with Crippen LogP contribution in [0.15, 0.2) is 35.4 Å². The summed E-state index contributed by atoms with van der Waals surface area (Å²) in [5.74, 6) is 1.64. The van der Waals surface area contributed by atoms with E-state index in [1.165, 1.54) is 25.7 Å². The van der Waals surface area contributed by atoms with Crippen LogP contribution < -0.4 is 5.43 Å². The summed E-state index contributed by atoms with van der Waals surface area (Å²) in [6.45, 7) is 0. The van der Waals surface area contributed by atoms with E-state index in [9.17, 15) is 9.90 Å². The van der Waals surface area contributed by atoms with Crippen molar-refractivity contribution in [3.63, 3.8) is 0 Å². The van der Waals surface area contributed by atoms with Gasteiger partial charge in [-0.2, -0.15) is 5.10 Å². The maximum Gasteiger partial charge on any atom is 0.273 e. The first kappa shape index (κ1) is 13.3. The zero-order valence-electron chi connectivity index (χ0n) is 11.4. The van der Waals surface area contributed by atoms with Crippen LogP contribution in [-0.4, -0.2) is 17.2 Å². The van der Waals surface area contributed by atoms with Crippen molar-refractivity contribution in [1.29, 1.82) is 0 Å². The second-order valence-corrected chi connectivity index (χ2v) is 5.91. The van der Waals surface area contributed by atoms with Crippen molar-refractivity contribution in [2.75, 3.05) is 0 Å². The fourth-order valence-electron chi connectivity index (χ4n) is 3.52. The summed E-state index contributed by atoms with van der Waals surface area (Å²) >= 11 is 0. The van der Waals surface area contributed by atoms with E-state index in [1.807, 2.05) is 12.3 Å². The highest BCUT2D eigenvalue weighted by Gasteiger charge is 2.38. The summed E-state index contributed by atoms with van der Waals surface area (Å²) < 4.78 is 0. The number of nitrogens with one attached hydrogen (secondary N) is 1. The van der Waals surface area contributed by atoms with Gasteiger partial charge >= 0.3 is 0 Å². The number of carbonyl (C=O) groups excluding carboxylic acids is 1.